The lowest BCUT2D eigenvalue weighted by molar-refractivity contribution is 0.568. The molecule has 0 fully saturated rings. The van der Waals surface area contributed by atoms with Gasteiger partial charge in [-0.1, -0.05) is 6.07 Å². The predicted molar refractivity (Wildman–Crippen MR) is 86.1 cm³/mol. The summed E-state index contributed by atoms with van der Waals surface area (Å²) in [6, 6.07) is 3.30. The van der Waals surface area contributed by atoms with E-state index in [2.05, 4.69) is 15.0 Å². The van der Waals surface area contributed by atoms with E-state index in [9.17, 15) is 18.1 Å². The first kappa shape index (κ1) is 15.7. The number of aromatic nitrogens is 5. The second kappa shape index (κ2) is 5.60. The summed E-state index contributed by atoms with van der Waals surface area (Å²) in [5.74, 6) is -1.83. The number of imidazole rings is 1. The van der Waals surface area contributed by atoms with Crippen molar-refractivity contribution < 1.29 is 13.3 Å². The Morgan fingerprint density at radius 3 is 2.60 bits per heavy atom. The van der Waals surface area contributed by atoms with Gasteiger partial charge in [0, 0.05) is 23.6 Å². The Kier molecular flexibility index (Phi) is 3.51. The van der Waals surface area contributed by atoms with Crippen molar-refractivity contribution in [2.75, 3.05) is 6.26 Å². The van der Waals surface area contributed by atoms with Crippen molar-refractivity contribution in [2.24, 2.45) is 0 Å². The quantitative estimate of drug-likeness (QED) is 0.398. The molecule has 7 nitrogen and oxygen atoms in total. The fraction of sp³-hybridized carbons (Fsp3) is 0.0667. The molecule has 0 aliphatic carbocycles. The SMILES string of the molecule is C[S+]([O-])c1ncc2c(=O)n(-c3c(F)cccc3F)c3nccn3c2n1. The van der Waals surface area contributed by atoms with E-state index in [1.54, 1.807) is 0 Å². The fourth-order valence-electron chi connectivity index (χ4n) is 2.57. The zero-order valence-corrected chi connectivity index (χ0v) is 13.5. The van der Waals surface area contributed by atoms with E-state index in [1.807, 2.05) is 0 Å². The molecule has 4 rings (SSSR count). The summed E-state index contributed by atoms with van der Waals surface area (Å²) in [5, 5.41) is 0.0547. The molecule has 0 radical (unpaired) electrons. The third-order valence-electron chi connectivity index (χ3n) is 3.65. The van der Waals surface area contributed by atoms with Gasteiger partial charge in [-0.25, -0.2) is 18.3 Å². The minimum atomic E-state index is -1.46. The van der Waals surface area contributed by atoms with Gasteiger partial charge in [0.25, 0.3) is 5.56 Å². The van der Waals surface area contributed by atoms with E-state index in [1.165, 1.54) is 35.3 Å². The van der Waals surface area contributed by atoms with Crippen molar-refractivity contribution in [1.29, 1.82) is 0 Å². The average Bonchev–Trinajstić information content (AvgIpc) is 3.06. The van der Waals surface area contributed by atoms with Gasteiger partial charge in [0.05, 0.1) is 6.20 Å². The summed E-state index contributed by atoms with van der Waals surface area (Å²) >= 11 is -1.46. The number of nitrogens with zero attached hydrogens (tertiary/aromatic N) is 5. The molecule has 126 valence electrons. The predicted octanol–water partition coefficient (Wildman–Crippen LogP) is 1.44. The van der Waals surface area contributed by atoms with Crippen molar-refractivity contribution >= 4 is 28.0 Å². The number of fused-ring (bicyclic) bond motifs is 3. The summed E-state index contributed by atoms with van der Waals surface area (Å²) in [5.41, 5.74) is -1.11. The highest BCUT2D eigenvalue weighted by molar-refractivity contribution is 7.90. The second-order valence-electron chi connectivity index (χ2n) is 5.15. The monoisotopic (exact) mass is 361 g/mol. The van der Waals surface area contributed by atoms with Crippen molar-refractivity contribution in [3.63, 3.8) is 0 Å². The van der Waals surface area contributed by atoms with E-state index in [0.717, 1.165) is 16.7 Å². The lowest BCUT2D eigenvalue weighted by atomic mass is 10.2. The van der Waals surface area contributed by atoms with Gasteiger partial charge >= 0.3 is 5.16 Å². The van der Waals surface area contributed by atoms with E-state index in [0.29, 0.717) is 0 Å². The molecule has 0 amide bonds. The average molecular weight is 361 g/mol. The molecule has 10 heteroatoms. The van der Waals surface area contributed by atoms with E-state index in [-0.39, 0.29) is 22.0 Å². The molecule has 0 saturated carbocycles. The van der Waals surface area contributed by atoms with Crippen LogP contribution in [-0.4, -0.2) is 34.7 Å². The normalized spacial score (nSPS) is 12.8. The number of halogens is 2. The molecule has 3 heterocycles. The topological polar surface area (TPSA) is 88.1 Å². The Labute approximate surface area is 141 Å². The molecule has 1 unspecified atom stereocenters. The molecule has 0 aliphatic heterocycles. The smallest absolute Gasteiger partial charge is 0.344 e. The highest BCUT2D eigenvalue weighted by Gasteiger charge is 2.21. The summed E-state index contributed by atoms with van der Waals surface area (Å²) in [4.78, 5) is 24.9. The van der Waals surface area contributed by atoms with Gasteiger partial charge < -0.3 is 4.55 Å². The molecular formula is C15H9F2N5O2S. The zero-order valence-electron chi connectivity index (χ0n) is 12.7. The Hall–Kier alpha value is -2.85. The molecule has 1 atom stereocenters. The standard InChI is InChI=1S/C15H9F2N5O2S/c1-25(24)14-19-7-8-12(20-14)21-6-5-18-15(21)22(13(8)23)11-9(16)3-2-4-10(11)17/h2-7H,1H3. The first-order valence-corrected chi connectivity index (χ1v) is 8.57. The van der Waals surface area contributed by atoms with Gasteiger partial charge in [0.15, 0.2) is 5.65 Å². The summed E-state index contributed by atoms with van der Waals surface area (Å²) in [7, 11) is 0. The lowest BCUT2D eigenvalue weighted by Crippen LogP contribution is -2.24. The van der Waals surface area contributed by atoms with Crippen LogP contribution in [0.1, 0.15) is 0 Å². The Morgan fingerprint density at radius 2 is 1.92 bits per heavy atom. The van der Waals surface area contributed by atoms with Crippen molar-refractivity contribution in [3.05, 3.63) is 58.8 Å². The van der Waals surface area contributed by atoms with Crippen molar-refractivity contribution in [1.82, 2.24) is 23.9 Å². The van der Waals surface area contributed by atoms with Gasteiger partial charge in [-0.15, -0.1) is 0 Å². The van der Waals surface area contributed by atoms with Gasteiger partial charge in [-0.3, -0.25) is 9.20 Å². The number of hydrogen-bond donors (Lipinski definition) is 0. The molecule has 1 aromatic carbocycles. The van der Waals surface area contributed by atoms with Crippen LogP contribution in [0, 0.1) is 11.6 Å². The van der Waals surface area contributed by atoms with Crippen LogP contribution in [0.4, 0.5) is 8.78 Å². The number of benzene rings is 1. The Morgan fingerprint density at radius 1 is 1.20 bits per heavy atom. The largest absolute Gasteiger partial charge is 0.609 e. The first-order valence-electron chi connectivity index (χ1n) is 7.01. The van der Waals surface area contributed by atoms with Crippen molar-refractivity contribution in [3.8, 4) is 5.69 Å². The third kappa shape index (κ3) is 2.29. The maximum Gasteiger partial charge on any atom is 0.344 e. The van der Waals surface area contributed by atoms with Crippen LogP contribution in [-0.2, 0) is 11.2 Å². The van der Waals surface area contributed by atoms with Crippen molar-refractivity contribution in [2.45, 2.75) is 5.16 Å². The van der Waals surface area contributed by atoms with Crippen LogP contribution in [0.3, 0.4) is 0 Å². The lowest BCUT2D eigenvalue weighted by Gasteiger charge is -2.12. The molecule has 3 aromatic heterocycles. The minimum Gasteiger partial charge on any atom is -0.609 e. The van der Waals surface area contributed by atoms with Crippen LogP contribution in [0.5, 0.6) is 0 Å². The summed E-state index contributed by atoms with van der Waals surface area (Å²) < 4.78 is 42.3. The number of rotatable bonds is 2. The van der Waals surface area contributed by atoms with Gasteiger partial charge in [-0.05, 0) is 12.1 Å². The molecule has 0 N–H and O–H groups in total. The van der Waals surface area contributed by atoms with Crippen LogP contribution in [0.15, 0.2) is 46.7 Å². The molecule has 0 spiro atoms. The molecular weight excluding hydrogens is 352 g/mol. The van der Waals surface area contributed by atoms with Gasteiger partial charge in [0.1, 0.15) is 29.0 Å². The fourth-order valence-corrected chi connectivity index (χ4v) is 2.99. The first-order chi connectivity index (χ1) is 12.0. The van der Waals surface area contributed by atoms with Crippen LogP contribution in [0.25, 0.3) is 22.5 Å². The third-order valence-corrected chi connectivity index (χ3v) is 4.36. The van der Waals surface area contributed by atoms with Crippen LogP contribution < -0.4 is 5.56 Å². The second-order valence-corrected chi connectivity index (χ2v) is 6.43. The van der Waals surface area contributed by atoms with Crippen LogP contribution in [0.2, 0.25) is 0 Å². The highest BCUT2D eigenvalue weighted by Crippen LogP contribution is 2.20. The molecule has 0 bridgehead atoms. The van der Waals surface area contributed by atoms with Gasteiger partial charge in [-0.2, -0.15) is 9.97 Å². The molecule has 0 aliphatic rings. The van der Waals surface area contributed by atoms with Gasteiger partial charge in [0.2, 0.25) is 5.78 Å². The van der Waals surface area contributed by atoms with E-state index >= 15 is 0 Å². The number of para-hydroxylation sites is 1. The van der Waals surface area contributed by atoms with E-state index < -0.39 is 34.1 Å². The maximum atomic E-state index is 14.2. The molecule has 0 saturated heterocycles. The van der Waals surface area contributed by atoms with E-state index in [4.69, 9.17) is 0 Å². The minimum absolute atomic E-state index is 0.0161. The molecule has 25 heavy (non-hydrogen) atoms. The Bertz CT molecular complexity index is 1170. The molecule has 4 aromatic rings. The zero-order chi connectivity index (χ0) is 17.7. The maximum absolute atomic E-state index is 14.2. The number of hydrogen-bond acceptors (Lipinski definition) is 5. The summed E-state index contributed by atoms with van der Waals surface area (Å²) in [6.45, 7) is 0. The highest BCUT2D eigenvalue weighted by atomic mass is 32.2. The Balaban J connectivity index is 2.20. The van der Waals surface area contributed by atoms with Crippen LogP contribution >= 0.6 is 0 Å². The summed E-state index contributed by atoms with van der Waals surface area (Å²) in [6.07, 6.45) is 5.45.